The van der Waals surface area contributed by atoms with Crippen LogP contribution in [0.1, 0.15) is 29.6 Å². The first-order valence-corrected chi connectivity index (χ1v) is 6.86. The Hall–Kier alpha value is -1.03. The Kier molecular flexibility index (Phi) is 3.72. The molecule has 1 aliphatic rings. The van der Waals surface area contributed by atoms with Crippen LogP contribution in [0.4, 0.5) is 0 Å². The van der Waals surface area contributed by atoms with E-state index in [4.69, 9.17) is 10.5 Å². The summed E-state index contributed by atoms with van der Waals surface area (Å²) in [5.41, 5.74) is 5.99. The van der Waals surface area contributed by atoms with Gasteiger partial charge in [0.05, 0.1) is 6.61 Å². The lowest BCUT2D eigenvalue weighted by Gasteiger charge is -2.39. The van der Waals surface area contributed by atoms with E-state index in [0.29, 0.717) is 11.0 Å². The number of nitrogens with two attached hydrogens (primary N) is 1. The summed E-state index contributed by atoms with van der Waals surface area (Å²) in [6, 6.07) is 6.97. The lowest BCUT2D eigenvalue weighted by atomic mass is 9.71. The fourth-order valence-corrected chi connectivity index (χ4v) is 2.67. The van der Waals surface area contributed by atoms with E-state index in [1.165, 1.54) is 19.3 Å². The molecule has 1 saturated carbocycles. The molecule has 0 radical (unpaired) electrons. The molecule has 0 unspecified atom stereocenters. The van der Waals surface area contributed by atoms with E-state index in [1.807, 2.05) is 0 Å². The van der Waals surface area contributed by atoms with Crippen LogP contribution in [0.25, 0.3) is 0 Å². The fourth-order valence-electron chi connectivity index (χ4n) is 1.95. The number of primary amides is 1. The van der Waals surface area contributed by atoms with Gasteiger partial charge in [-0.05, 0) is 37.1 Å². The Balaban J connectivity index is 1.93. The van der Waals surface area contributed by atoms with Crippen LogP contribution in [-0.4, -0.2) is 17.8 Å². The lowest BCUT2D eigenvalue weighted by molar-refractivity contribution is 0.0838. The van der Waals surface area contributed by atoms with Crippen LogP contribution in [0.3, 0.4) is 0 Å². The normalized spacial score (nSPS) is 17.2. The molecular formula is C13H16BrNO2. The van der Waals surface area contributed by atoms with Crippen molar-refractivity contribution in [2.45, 2.75) is 19.3 Å². The number of benzene rings is 1. The summed E-state index contributed by atoms with van der Waals surface area (Å²) in [6.45, 7) is 0.730. The molecule has 1 fully saturated rings. The summed E-state index contributed by atoms with van der Waals surface area (Å²) >= 11 is 3.55. The van der Waals surface area contributed by atoms with Crippen molar-refractivity contribution >= 4 is 21.8 Å². The molecule has 0 aliphatic heterocycles. The van der Waals surface area contributed by atoms with Crippen molar-refractivity contribution in [1.82, 2.24) is 0 Å². The maximum atomic E-state index is 10.9. The van der Waals surface area contributed by atoms with Crippen LogP contribution >= 0.6 is 15.9 Å². The number of carbonyl (C=O) groups excluding carboxylic acids is 1. The molecule has 17 heavy (non-hydrogen) atoms. The largest absolute Gasteiger partial charge is 0.493 e. The highest BCUT2D eigenvalue weighted by Crippen LogP contribution is 2.42. The van der Waals surface area contributed by atoms with Gasteiger partial charge in [0.15, 0.2) is 0 Å². The van der Waals surface area contributed by atoms with Gasteiger partial charge in [-0.2, -0.15) is 0 Å². The van der Waals surface area contributed by atoms with Gasteiger partial charge >= 0.3 is 0 Å². The van der Waals surface area contributed by atoms with E-state index >= 15 is 0 Å². The molecule has 1 aromatic carbocycles. The zero-order chi connectivity index (χ0) is 12.3. The molecule has 92 valence electrons. The molecule has 0 saturated heterocycles. The zero-order valence-electron chi connectivity index (χ0n) is 9.62. The molecule has 1 aromatic rings. The first kappa shape index (κ1) is 12.4. The van der Waals surface area contributed by atoms with Gasteiger partial charge in [-0.3, -0.25) is 4.79 Å². The molecule has 0 aromatic heterocycles. The molecular weight excluding hydrogens is 282 g/mol. The number of rotatable bonds is 5. The SMILES string of the molecule is NC(=O)c1ccc(OCC2(CBr)CCC2)cc1. The van der Waals surface area contributed by atoms with Gasteiger partial charge < -0.3 is 10.5 Å². The summed E-state index contributed by atoms with van der Waals surface area (Å²) in [7, 11) is 0. The lowest BCUT2D eigenvalue weighted by Crippen LogP contribution is -2.37. The fraction of sp³-hybridized carbons (Fsp3) is 0.462. The summed E-state index contributed by atoms with van der Waals surface area (Å²) in [5.74, 6) is 0.384. The molecule has 0 atom stereocenters. The van der Waals surface area contributed by atoms with Crippen molar-refractivity contribution in [3.8, 4) is 5.75 Å². The van der Waals surface area contributed by atoms with E-state index in [0.717, 1.165) is 17.7 Å². The van der Waals surface area contributed by atoms with Gasteiger partial charge in [0, 0.05) is 16.3 Å². The van der Waals surface area contributed by atoms with E-state index in [9.17, 15) is 4.79 Å². The second kappa shape index (κ2) is 5.08. The van der Waals surface area contributed by atoms with Crippen molar-refractivity contribution in [3.05, 3.63) is 29.8 Å². The third-order valence-corrected chi connectivity index (χ3v) is 4.57. The quantitative estimate of drug-likeness (QED) is 0.850. The third-order valence-electron chi connectivity index (χ3n) is 3.38. The number of ether oxygens (including phenoxy) is 1. The van der Waals surface area contributed by atoms with Gasteiger partial charge in [0.25, 0.3) is 0 Å². The third kappa shape index (κ3) is 2.80. The van der Waals surface area contributed by atoms with Crippen molar-refractivity contribution < 1.29 is 9.53 Å². The van der Waals surface area contributed by atoms with Crippen LogP contribution in [-0.2, 0) is 0 Å². The second-order valence-corrected chi connectivity index (χ2v) is 5.23. The van der Waals surface area contributed by atoms with E-state index in [1.54, 1.807) is 24.3 Å². The summed E-state index contributed by atoms with van der Waals surface area (Å²) in [4.78, 5) is 10.9. The Labute approximate surface area is 109 Å². The number of alkyl halides is 1. The molecule has 2 rings (SSSR count). The molecule has 2 N–H and O–H groups in total. The van der Waals surface area contributed by atoms with E-state index in [2.05, 4.69) is 15.9 Å². The van der Waals surface area contributed by atoms with Crippen LogP contribution in [0.2, 0.25) is 0 Å². The first-order chi connectivity index (χ1) is 8.15. The number of hydrogen-bond donors (Lipinski definition) is 1. The standard InChI is InChI=1S/C13H16BrNO2/c14-8-13(6-1-7-13)9-17-11-4-2-10(3-5-11)12(15)16/h2-5H,1,6-9H2,(H2,15,16). The summed E-state index contributed by atoms with van der Waals surface area (Å²) < 4.78 is 5.76. The van der Waals surface area contributed by atoms with Crippen LogP contribution in [0.5, 0.6) is 5.75 Å². The van der Waals surface area contributed by atoms with Gasteiger partial charge in [0.1, 0.15) is 5.75 Å². The van der Waals surface area contributed by atoms with Gasteiger partial charge in [0.2, 0.25) is 5.91 Å². The summed E-state index contributed by atoms with van der Waals surface area (Å²) in [5, 5.41) is 0.985. The first-order valence-electron chi connectivity index (χ1n) is 5.74. The average molecular weight is 298 g/mol. The molecule has 0 spiro atoms. The minimum atomic E-state index is -0.410. The van der Waals surface area contributed by atoms with Crippen LogP contribution < -0.4 is 10.5 Å². The minimum absolute atomic E-state index is 0.308. The average Bonchev–Trinajstić information content (AvgIpc) is 2.29. The van der Waals surface area contributed by atoms with Gasteiger partial charge in [-0.1, -0.05) is 22.4 Å². The molecule has 1 aliphatic carbocycles. The van der Waals surface area contributed by atoms with Crippen molar-refractivity contribution in [1.29, 1.82) is 0 Å². The Morgan fingerprint density at radius 2 is 2.00 bits per heavy atom. The van der Waals surface area contributed by atoms with E-state index in [-0.39, 0.29) is 0 Å². The number of carbonyl (C=O) groups is 1. The van der Waals surface area contributed by atoms with Gasteiger partial charge in [-0.25, -0.2) is 0 Å². The van der Waals surface area contributed by atoms with E-state index < -0.39 is 5.91 Å². The topological polar surface area (TPSA) is 52.3 Å². The van der Waals surface area contributed by atoms with Crippen molar-refractivity contribution in [2.24, 2.45) is 11.1 Å². The summed E-state index contributed by atoms with van der Waals surface area (Å²) in [6.07, 6.45) is 3.73. The second-order valence-electron chi connectivity index (χ2n) is 4.66. The highest BCUT2D eigenvalue weighted by molar-refractivity contribution is 9.09. The van der Waals surface area contributed by atoms with Gasteiger partial charge in [-0.15, -0.1) is 0 Å². The van der Waals surface area contributed by atoms with Crippen molar-refractivity contribution in [3.63, 3.8) is 0 Å². The maximum Gasteiger partial charge on any atom is 0.248 e. The molecule has 0 bridgehead atoms. The zero-order valence-corrected chi connectivity index (χ0v) is 11.2. The predicted octanol–water partition coefficient (Wildman–Crippen LogP) is 2.73. The molecule has 4 heteroatoms. The van der Waals surface area contributed by atoms with Crippen molar-refractivity contribution in [2.75, 3.05) is 11.9 Å². The number of amides is 1. The van der Waals surface area contributed by atoms with Crippen LogP contribution in [0.15, 0.2) is 24.3 Å². The Bertz CT molecular complexity index is 393. The Morgan fingerprint density at radius 3 is 2.41 bits per heavy atom. The number of hydrogen-bond acceptors (Lipinski definition) is 2. The minimum Gasteiger partial charge on any atom is -0.493 e. The monoisotopic (exact) mass is 297 g/mol. The Morgan fingerprint density at radius 1 is 1.35 bits per heavy atom. The maximum absolute atomic E-state index is 10.9. The number of halogens is 1. The smallest absolute Gasteiger partial charge is 0.248 e. The highest BCUT2D eigenvalue weighted by atomic mass is 79.9. The molecule has 1 amide bonds. The predicted molar refractivity (Wildman–Crippen MR) is 70.5 cm³/mol. The molecule has 3 nitrogen and oxygen atoms in total. The van der Waals surface area contributed by atoms with Crippen LogP contribution in [0, 0.1) is 5.41 Å². The molecule has 0 heterocycles. The highest BCUT2D eigenvalue weighted by Gasteiger charge is 2.36.